The first-order chi connectivity index (χ1) is 11.6. The summed E-state index contributed by atoms with van der Waals surface area (Å²) < 4.78 is 5.46. The van der Waals surface area contributed by atoms with Crippen LogP contribution in [-0.4, -0.2) is 30.2 Å². The average molecular weight is 370 g/mol. The number of ether oxygens (including phenoxy) is 1. The zero-order chi connectivity index (χ0) is 19.0. The van der Waals surface area contributed by atoms with Crippen molar-refractivity contribution in [1.82, 2.24) is 5.32 Å². The molecule has 5 nitrogen and oxygen atoms in total. The zero-order valence-corrected chi connectivity index (χ0v) is 16.7. The fourth-order valence-corrected chi connectivity index (χ4v) is 2.68. The van der Waals surface area contributed by atoms with Gasteiger partial charge in [0.2, 0.25) is 0 Å². The lowest BCUT2D eigenvalue weighted by atomic mass is 10.1. The van der Waals surface area contributed by atoms with Crippen LogP contribution < -0.4 is 16.4 Å². The normalized spacial score (nSPS) is 12.9. The third-order valence-corrected chi connectivity index (χ3v) is 4.17. The molecule has 142 valence electrons. The minimum absolute atomic E-state index is 0.102. The van der Waals surface area contributed by atoms with Gasteiger partial charge in [0.25, 0.3) is 0 Å². The lowest BCUT2D eigenvalue weighted by Crippen LogP contribution is -2.40. The van der Waals surface area contributed by atoms with Crippen LogP contribution in [0.1, 0.15) is 53.9 Å². The summed E-state index contributed by atoms with van der Waals surface area (Å²) in [5.74, 6) is -0.224. The van der Waals surface area contributed by atoms with Gasteiger partial charge in [0, 0.05) is 24.3 Å². The molecule has 0 aliphatic heterocycles. The molecule has 25 heavy (non-hydrogen) atoms. The van der Waals surface area contributed by atoms with E-state index in [1.54, 1.807) is 12.1 Å². The summed E-state index contributed by atoms with van der Waals surface area (Å²) in [6.07, 6.45) is 2.36. The molecule has 1 rings (SSSR count). The van der Waals surface area contributed by atoms with Crippen LogP contribution in [0.3, 0.4) is 0 Å². The number of benzene rings is 1. The first kappa shape index (κ1) is 21.6. The number of hydrogen-bond acceptors (Lipinski definition) is 5. The topological polar surface area (TPSA) is 76.4 Å². The molecular formula is C19H32ClN3O2. The molecule has 0 saturated heterocycles. The summed E-state index contributed by atoms with van der Waals surface area (Å²) in [4.78, 5) is 12.2. The molecule has 1 unspecified atom stereocenters. The molecule has 0 radical (unpaired) electrons. The Hall–Kier alpha value is -1.46. The van der Waals surface area contributed by atoms with E-state index in [1.165, 1.54) is 0 Å². The number of carbonyl (C=O) groups excluding carboxylic acids is 1. The van der Waals surface area contributed by atoms with Crippen molar-refractivity contribution in [3.8, 4) is 0 Å². The number of nitrogens with two attached hydrogens (primary N) is 1. The van der Waals surface area contributed by atoms with Crippen LogP contribution in [0.25, 0.3) is 0 Å². The van der Waals surface area contributed by atoms with Crippen molar-refractivity contribution in [2.75, 3.05) is 17.6 Å². The van der Waals surface area contributed by atoms with Crippen LogP contribution in [0.4, 0.5) is 11.4 Å². The quantitative estimate of drug-likeness (QED) is 0.449. The van der Waals surface area contributed by atoms with Crippen LogP contribution in [-0.2, 0) is 9.53 Å². The highest BCUT2D eigenvalue weighted by atomic mass is 35.5. The van der Waals surface area contributed by atoms with Gasteiger partial charge >= 0.3 is 5.97 Å². The number of nitrogens with one attached hydrogen (secondary N) is 2. The van der Waals surface area contributed by atoms with Crippen LogP contribution in [0.15, 0.2) is 18.2 Å². The summed E-state index contributed by atoms with van der Waals surface area (Å²) in [6, 6.07) is 5.72. The fourth-order valence-electron chi connectivity index (χ4n) is 2.50. The second-order valence-corrected chi connectivity index (χ2v) is 7.70. The standard InChI is InChI=1S/C19H32ClN3O2/c1-6-13(7-2)22-12-15(11-18(24)25-19(3,4)5)23-14-8-9-17(21)16(20)10-14/h8-10,13,15,22-23H,6-7,11-12,21H2,1-5H3. The molecular weight excluding hydrogens is 338 g/mol. The molecule has 1 aromatic rings. The van der Waals surface area contributed by atoms with E-state index in [1.807, 2.05) is 26.8 Å². The van der Waals surface area contributed by atoms with Crippen molar-refractivity contribution in [2.24, 2.45) is 0 Å². The highest BCUT2D eigenvalue weighted by molar-refractivity contribution is 6.33. The van der Waals surface area contributed by atoms with Crippen LogP contribution in [0.5, 0.6) is 0 Å². The third kappa shape index (κ3) is 8.45. The predicted octanol–water partition coefficient (Wildman–Crippen LogP) is 4.21. The van der Waals surface area contributed by atoms with Gasteiger partial charge in [-0.3, -0.25) is 4.79 Å². The maximum Gasteiger partial charge on any atom is 0.308 e. The molecule has 0 aliphatic carbocycles. The largest absolute Gasteiger partial charge is 0.460 e. The van der Waals surface area contributed by atoms with Crippen LogP contribution >= 0.6 is 11.6 Å². The highest BCUT2D eigenvalue weighted by Gasteiger charge is 2.21. The van der Waals surface area contributed by atoms with E-state index in [2.05, 4.69) is 24.5 Å². The smallest absolute Gasteiger partial charge is 0.308 e. The first-order valence-electron chi connectivity index (χ1n) is 8.91. The van der Waals surface area contributed by atoms with Crippen molar-refractivity contribution < 1.29 is 9.53 Å². The van der Waals surface area contributed by atoms with Crippen molar-refractivity contribution in [1.29, 1.82) is 0 Å². The Morgan fingerprint density at radius 1 is 1.24 bits per heavy atom. The number of rotatable bonds is 9. The molecule has 0 fully saturated rings. The molecule has 0 bridgehead atoms. The van der Waals surface area contributed by atoms with Gasteiger partial charge in [-0.25, -0.2) is 0 Å². The van der Waals surface area contributed by atoms with Crippen LogP contribution in [0, 0.1) is 0 Å². The van der Waals surface area contributed by atoms with Gasteiger partial charge in [0.05, 0.1) is 17.1 Å². The molecule has 0 heterocycles. The van der Waals surface area contributed by atoms with E-state index >= 15 is 0 Å². The highest BCUT2D eigenvalue weighted by Crippen LogP contribution is 2.23. The van der Waals surface area contributed by atoms with E-state index in [-0.39, 0.29) is 18.4 Å². The minimum Gasteiger partial charge on any atom is -0.460 e. The van der Waals surface area contributed by atoms with Crippen LogP contribution in [0.2, 0.25) is 5.02 Å². The molecule has 1 aromatic carbocycles. The monoisotopic (exact) mass is 369 g/mol. The van der Waals surface area contributed by atoms with Gasteiger partial charge < -0.3 is 21.1 Å². The number of esters is 1. The van der Waals surface area contributed by atoms with E-state index in [0.29, 0.717) is 23.3 Å². The van der Waals surface area contributed by atoms with Gasteiger partial charge in [-0.15, -0.1) is 0 Å². The van der Waals surface area contributed by atoms with Crippen molar-refractivity contribution in [3.05, 3.63) is 23.2 Å². The molecule has 6 heteroatoms. The third-order valence-electron chi connectivity index (χ3n) is 3.84. The number of hydrogen-bond donors (Lipinski definition) is 3. The Kier molecular flexibility index (Phi) is 8.53. The zero-order valence-electron chi connectivity index (χ0n) is 16.0. The lowest BCUT2D eigenvalue weighted by Gasteiger charge is -2.25. The maximum absolute atomic E-state index is 12.2. The summed E-state index contributed by atoms with van der Waals surface area (Å²) in [5.41, 5.74) is 6.63. The number of anilines is 2. The number of nitrogen functional groups attached to an aromatic ring is 1. The maximum atomic E-state index is 12.2. The van der Waals surface area contributed by atoms with Gasteiger partial charge in [-0.05, 0) is 51.8 Å². The Labute approximate surface area is 156 Å². The second kappa shape index (κ2) is 9.88. The summed E-state index contributed by atoms with van der Waals surface area (Å²) in [5, 5.41) is 7.36. The number of carbonyl (C=O) groups is 1. The number of halogens is 1. The second-order valence-electron chi connectivity index (χ2n) is 7.29. The van der Waals surface area contributed by atoms with Gasteiger partial charge in [-0.1, -0.05) is 25.4 Å². The average Bonchev–Trinajstić information content (AvgIpc) is 2.50. The Morgan fingerprint density at radius 3 is 2.40 bits per heavy atom. The molecule has 0 saturated carbocycles. The molecule has 4 N–H and O–H groups in total. The van der Waals surface area contributed by atoms with E-state index in [0.717, 1.165) is 18.5 Å². The first-order valence-corrected chi connectivity index (χ1v) is 9.29. The molecule has 0 aromatic heterocycles. The Morgan fingerprint density at radius 2 is 1.88 bits per heavy atom. The molecule has 1 atom stereocenters. The SMILES string of the molecule is CCC(CC)NCC(CC(=O)OC(C)(C)C)Nc1ccc(N)c(Cl)c1. The van der Waals surface area contributed by atoms with Gasteiger partial charge in [0.1, 0.15) is 5.60 Å². The van der Waals surface area contributed by atoms with Crippen molar-refractivity contribution >= 4 is 28.9 Å². The predicted molar refractivity (Wildman–Crippen MR) is 106 cm³/mol. The van der Waals surface area contributed by atoms with Crippen molar-refractivity contribution in [3.63, 3.8) is 0 Å². The molecule has 0 spiro atoms. The minimum atomic E-state index is -0.491. The Balaban J connectivity index is 2.78. The lowest BCUT2D eigenvalue weighted by molar-refractivity contribution is -0.155. The molecule has 0 amide bonds. The summed E-state index contributed by atoms with van der Waals surface area (Å²) >= 11 is 6.09. The van der Waals surface area contributed by atoms with Crippen molar-refractivity contribution in [2.45, 2.75) is 71.6 Å². The molecule has 0 aliphatic rings. The summed E-state index contributed by atoms with van der Waals surface area (Å²) in [6.45, 7) is 10.6. The van der Waals surface area contributed by atoms with Gasteiger partial charge in [-0.2, -0.15) is 0 Å². The van der Waals surface area contributed by atoms with E-state index < -0.39 is 5.60 Å². The Bertz CT molecular complexity index is 554. The fraction of sp³-hybridized carbons (Fsp3) is 0.632. The van der Waals surface area contributed by atoms with E-state index in [9.17, 15) is 4.79 Å². The van der Waals surface area contributed by atoms with E-state index in [4.69, 9.17) is 22.1 Å². The van der Waals surface area contributed by atoms with Gasteiger partial charge in [0.15, 0.2) is 0 Å². The summed E-state index contributed by atoms with van der Waals surface area (Å²) in [7, 11) is 0.